The van der Waals surface area contributed by atoms with Crippen LogP contribution in [0.25, 0.3) is 6.08 Å². The van der Waals surface area contributed by atoms with E-state index in [1.165, 1.54) is 0 Å². The van der Waals surface area contributed by atoms with Crippen LogP contribution in [0.5, 0.6) is 0 Å². The molecule has 4 nitrogen and oxygen atoms in total. The Bertz CT molecular complexity index is 802. The van der Waals surface area contributed by atoms with E-state index in [1.807, 2.05) is 25.1 Å². The first-order chi connectivity index (χ1) is 13.1. The first-order valence-corrected chi connectivity index (χ1v) is 9.60. The van der Waals surface area contributed by atoms with Crippen molar-refractivity contribution in [1.82, 2.24) is 10.3 Å². The van der Waals surface area contributed by atoms with Crippen LogP contribution in [0.4, 0.5) is 0 Å². The Balaban J connectivity index is 1.78. The van der Waals surface area contributed by atoms with Crippen LogP contribution in [0.15, 0.2) is 60.8 Å². The number of aromatic nitrogens is 1. The molecule has 1 N–H and O–H groups in total. The summed E-state index contributed by atoms with van der Waals surface area (Å²) in [5.74, 6) is -0.545. The van der Waals surface area contributed by atoms with Gasteiger partial charge in [0.1, 0.15) is 5.69 Å². The number of hydrogen-bond donors (Lipinski definition) is 1. The molecule has 1 heterocycles. The van der Waals surface area contributed by atoms with Gasteiger partial charge in [0.25, 0.3) is 5.91 Å². The number of amides is 2. The van der Waals surface area contributed by atoms with E-state index in [-0.39, 0.29) is 17.5 Å². The fraction of sp³-hybridized carbons (Fsp3) is 0.348. The first-order valence-electron chi connectivity index (χ1n) is 9.60. The maximum absolute atomic E-state index is 13.1. The summed E-state index contributed by atoms with van der Waals surface area (Å²) in [4.78, 5) is 29.5. The van der Waals surface area contributed by atoms with Crippen LogP contribution in [0, 0.1) is 11.3 Å². The van der Waals surface area contributed by atoms with Gasteiger partial charge in [-0.05, 0) is 36.5 Å². The van der Waals surface area contributed by atoms with Gasteiger partial charge < -0.3 is 0 Å². The highest BCUT2D eigenvalue weighted by Gasteiger charge is 2.41. The number of hydrogen-bond acceptors (Lipinski definition) is 3. The Labute approximate surface area is 160 Å². The van der Waals surface area contributed by atoms with Gasteiger partial charge in [0.2, 0.25) is 5.91 Å². The van der Waals surface area contributed by atoms with Crippen molar-refractivity contribution in [3.8, 4) is 0 Å². The lowest BCUT2D eigenvalue weighted by Gasteiger charge is -2.33. The highest BCUT2D eigenvalue weighted by molar-refractivity contribution is 6.05. The van der Waals surface area contributed by atoms with Crippen LogP contribution in [-0.4, -0.2) is 16.8 Å². The van der Waals surface area contributed by atoms with Crippen molar-refractivity contribution in [3.05, 3.63) is 72.1 Å². The monoisotopic (exact) mass is 362 g/mol. The van der Waals surface area contributed by atoms with E-state index < -0.39 is 11.3 Å². The molecule has 2 atom stereocenters. The summed E-state index contributed by atoms with van der Waals surface area (Å²) in [6.45, 7) is 1.99. The summed E-state index contributed by atoms with van der Waals surface area (Å²) in [5, 5.41) is 2.59. The molecule has 1 aliphatic carbocycles. The molecule has 27 heavy (non-hydrogen) atoms. The second kappa shape index (κ2) is 8.76. The summed E-state index contributed by atoms with van der Waals surface area (Å²) in [6.07, 6.45) is 10.7. The van der Waals surface area contributed by atoms with E-state index in [0.717, 1.165) is 37.7 Å². The minimum Gasteiger partial charge on any atom is -0.290 e. The van der Waals surface area contributed by atoms with Crippen LogP contribution in [0.3, 0.4) is 0 Å². The lowest BCUT2D eigenvalue weighted by Crippen LogP contribution is -2.45. The van der Waals surface area contributed by atoms with Gasteiger partial charge in [-0.3, -0.25) is 19.9 Å². The van der Waals surface area contributed by atoms with Gasteiger partial charge in [-0.25, -0.2) is 0 Å². The SMILES string of the molecule is CC1(C(=O)NC(=O)c2ccccn2)CCCCCC1/C=C/c1ccccc1. The van der Waals surface area contributed by atoms with E-state index in [2.05, 4.69) is 34.6 Å². The van der Waals surface area contributed by atoms with Crippen molar-refractivity contribution < 1.29 is 9.59 Å². The molecule has 2 unspecified atom stereocenters. The number of carbonyl (C=O) groups is 2. The summed E-state index contributed by atoms with van der Waals surface area (Å²) >= 11 is 0. The number of nitrogens with one attached hydrogen (secondary N) is 1. The van der Waals surface area contributed by atoms with Crippen LogP contribution in [-0.2, 0) is 4.79 Å². The van der Waals surface area contributed by atoms with Crippen LogP contribution >= 0.6 is 0 Å². The molecule has 1 aromatic carbocycles. The zero-order valence-electron chi connectivity index (χ0n) is 15.7. The predicted octanol–water partition coefficient (Wildman–Crippen LogP) is 4.64. The number of pyridine rings is 1. The van der Waals surface area contributed by atoms with Gasteiger partial charge in [-0.1, -0.05) is 74.7 Å². The smallest absolute Gasteiger partial charge is 0.276 e. The third kappa shape index (κ3) is 4.70. The number of imide groups is 1. The maximum atomic E-state index is 13.1. The standard InChI is InChI=1S/C23H26N2O2/c1-23(22(27)25-21(26)20-13-7-9-17-24-20)16-8-3-6-12-19(23)15-14-18-10-4-2-5-11-18/h2,4-5,7,9-11,13-15,17,19H,3,6,8,12,16H2,1H3,(H,25,26,27)/b15-14+. The Morgan fingerprint density at radius 2 is 1.85 bits per heavy atom. The van der Waals surface area contributed by atoms with Gasteiger partial charge in [0, 0.05) is 6.20 Å². The number of allylic oxidation sites excluding steroid dienone is 1. The topological polar surface area (TPSA) is 59.1 Å². The number of carbonyl (C=O) groups excluding carboxylic acids is 2. The molecule has 3 rings (SSSR count). The highest BCUT2D eigenvalue weighted by atomic mass is 16.2. The molecule has 1 aromatic heterocycles. The molecule has 0 aliphatic heterocycles. The average molecular weight is 362 g/mol. The molecule has 1 saturated carbocycles. The normalized spacial score (nSPS) is 22.9. The predicted molar refractivity (Wildman–Crippen MR) is 107 cm³/mol. The van der Waals surface area contributed by atoms with E-state index in [1.54, 1.807) is 24.4 Å². The maximum Gasteiger partial charge on any atom is 0.276 e. The van der Waals surface area contributed by atoms with Crippen molar-refractivity contribution in [2.75, 3.05) is 0 Å². The lowest BCUT2D eigenvalue weighted by molar-refractivity contribution is -0.131. The van der Waals surface area contributed by atoms with Crippen LogP contribution < -0.4 is 5.32 Å². The number of rotatable bonds is 4. The Morgan fingerprint density at radius 3 is 2.59 bits per heavy atom. The molecule has 1 fully saturated rings. The lowest BCUT2D eigenvalue weighted by atomic mass is 9.72. The molecule has 0 saturated heterocycles. The van der Waals surface area contributed by atoms with E-state index in [0.29, 0.717) is 0 Å². The third-order valence-electron chi connectivity index (χ3n) is 5.49. The summed E-state index contributed by atoms with van der Waals surface area (Å²) < 4.78 is 0. The molecule has 0 bridgehead atoms. The fourth-order valence-electron chi connectivity index (χ4n) is 3.73. The van der Waals surface area contributed by atoms with Crippen LogP contribution in [0.2, 0.25) is 0 Å². The molecule has 140 valence electrons. The van der Waals surface area contributed by atoms with Gasteiger partial charge in [-0.15, -0.1) is 0 Å². The fourth-order valence-corrected chi connectivity index (χ4v) is 3.73. The zero-order chi connectivity index (χ0) is 19.1. The summed E-state index contributed by atoms with van der Waals surface area (Å²) in [7, 11) is 0. The molecular formula is C23H26N2O2. The van der Waals surface area contributed by atoms with E-state index >= 15 is 0 Å². The molecular weight excluding hydrogens is 336 g/mol. The molecule has 1 aliphatic rings. The minimum atomic E-state index is -0.605. The molecule has 0 radical (unpaired) electrons. The Kier molecular flexibility index (Phi) is 6.17. The second-order valence-electron chi connectivity index (χ2n) is 7.39. The van der Waals surface area contributed by atoms with Gasteiger partial charge in [-0.2, -0.15) is 0 Å². The van der Waals surface area contributed by atoms with Crippen LogP contribution in [0.1, 0.15) is 55.1 Å². The largest absolute Gasteiger partial charge is 0.290 e. The van der Waals surface area contributed by atoms with Gasteiger partial charge in [0.05, 0.1) is 5.41 Å². The summed E-state index contributed by atoms with van der Waals surface area (Å²) in [6, 6.07) is 15.2. The minimum absolute atomic E-state index is 0.0942. The zero-order valence-corrected chi connectivity index (χ0v) is 15.7. The second-order valence-corrected chi connectivity index (χ2v) is 7.39. The van der Waals surface area contributed by atoms with Crippen molar-refractivity contribution in [2.24, 2.45) is 11.3 Å². The molecule has 2 amide bonds. The van der Waals surface area contributed by atoms with Crippen molar-refractivity contribution in [1.29, 1.82) is 0 Å². The van der Waals surface area contributed by atoms with Gasteiger partial charge in [0.15, 0.2) is 0 Å². The number of nitrogens with zero attached hydrogens (tertiary/aromatic N) is 1. The highest BCUT2D eigenvalue weighted by Crippen LogP contribution is 2.41. The Morgan fingerprint density at radius 1 is 1.07 bits per heavy atom. The molecule has 0 spiro atoms. The van der Waals surface area contributed by atoms with Crippen molar-refractivity contribution >= 4 is 17.9 Å². The average Bonchev–Trinajstić information content (AvgIpc) is 2.90. The van der Waals surface area contributed by atoms with Gasteiger partial charge >= 0.3 is 0 Å². The molecule has 4 heteroatoms. The van der Waals surface area contributed by atoms with E-state index in [4.69, 9.17) is 0 Å². The quantitative estimate of drug-likeness (QED) is 0.637. The number of benzene rings is 1. The molecule has 2 aromatic rings. The first kappa shape index (κ1) is 19.0. The summed E-state index contributed by atoms with van der Waals surface area (Å²) in [5.41, 5.74) is 0.778. The van der Waals surface area contributed by atoms with E-state index in [9.17, 15) is 9.59 Å². The Hall–Kier alpha value is -2.75. The van der Waals surface area contributed by atoms with Crippen molar-refractivity contribution in [2.45, 2.75) is 39.0 Å². The third-order valence-corrected chi connectivity index (χ3v) is 5.49. The van der Waals surface area contributed by atoms with Crippen molar-refractivity contribution in [3.63, 3.8) is 0 Å².